The van der Waals surface area contributed by atoms with Gasteiger partial charge in [0.1, 0.15) is 10.3 Å². The summed E-state index contributed by atoms with van der Waals surface area (Å²) >= 11 is 3.73. The topological polar surface area (TPSA) is 124 Å². The van der Waals surface area contributed by atoms with E-state index in [9.17, 15) is 27.9 Å². The second-order valence-corrected chi connectivity index (χ2v) is 13.3. The summed E-state index contributed by atoms with van der Waals surface area (Å²) in [5, 5.41) is 15.6. The molecule has 0 bridgehead atoms. The van der Waals surface area contributed by atoms with Crippen LogP contribution in [0.3, 0.4) is 0 Å². The van der Waals surface area contributed by atoms with Gasteiger partial charge in [-0.2, -0.15) is 4.31 Å². The van der Waals surface area contributed by atoms with E-state index in [4.69, 9.17) is 0 Å². The summed E-state index contributed by atoms with van der Waals surface area (Å²) < 4.78 is 27.7. The van der Waals surface area contributed by atoms with Gasteiger partial charge in [-0.05, 0) is 35.0 Å². The van der Waals surface area contributed by atoms with Crippen molar-refractivity contribution in [3.05, 3.63) is 70.2 Å². The average molecular weight is 580 g/mol. The molecule has 1 saturated heterocycles. The van der Waals surface area contributed by atoms with Crippen molar-refractivity contribution in [1.82, 2.24) is 14.5 Å². The standard InChI is InChI=1S/C24H25N3O6S4/c28-21(16-36-17-6-2-1-3-7-17)27-11-10-26(37(32,33)23-9-5-13-35-23)15-19(27)24(31)25-18(14-22(29)30)20-8-4-12-34-20/h1-9,12-13,18-19H,10-11,14-16H2,(H,25,31)(H,29,30). The van der Waals surface area contributed by atoms with Crippen molar-refractivity contribution in [3.63, 3.8) is 0 Å². The Morgan fingerprint density at radius 1 is 1.03 bits per heavy atom. The van der Waals surface area contributed by atoms with E-state index in [1.54, 1.807) is 29.0 Å². The number of rotatable bonds is 10. The number of amides is 2. The maximum absolute atomic E-state index is 13.5. The molecular formula is C24H25N3O6S4. The molecule has 0 radical (unpaired) electrons. The molecule has 2 atom stereocenters. The zero-order valence-electron chi connectivity index (χ0n) is 19.6. The summed E-state index contributed by atoms with van der Waals surface area (Å²) in [5.74, 6) is -1.90. The fourth-order valence-electron chi connectivity index (χ4n) is 3.94. The second kappa shape index (κ2) is 12.2. The number of aliphatic carboxylic acids is 1. The first-order valence-electron chi connectivity index (χ1n) is 11.3. The van der Waals surface area contributed by atoms with Crippen LogP contribution in [0.25, 0.3) is 0 Å². The molecule has 0 aliphatic carbocycles. The number of nitrogens with one attached hydrogen (secondary N) is 1. The highest BCUT2D eigenvalue weighted by molar-refractivity contribution is 8.00. The van der Waals surface area contributed by atoms with Crippen molar-refractivity contribution in [2.75, 3.05) is 25.4 Å². The first kappa shape index (κ1) is 27.3. The molecule has 1 aromatic carbocycles. The van der Waals surface area contributed by atoms with Crippen LogP contribution in [0.4, 0.5) is 0 Å². The number of benzene rings is 1. The molecule has 0 spiro atoms. The van der Waals surface area contributed by atoms with Crippen molar-refractivity contribution < 1.29 is 27.9 Å². The Morgan fingerprint density at radius 3 is 2.41 bits per heavy atom. The Bertz CT molecular complexity index is 1310. The lowest BCUT2D eigenvalue weighted by molar-refractivity contribution is -0.142. The molecule has 3 aromatic rings. The number of carboxylic acids is 1. The summed E-state index contributed by atoms with van der Waals surface area (Å²) in [5.41, 5.74) is 0. The van der Waals surface area contributed by atoms with Gasteiger partial charge in [0, 0.05) is 29.4 Å². The van der Waals surface area contributed by atoms with Gasteiger partial charge >= 0.3 is 5.97 Å². The van der Waals surface area contributed by atoms with Crippen LogP contribution < -0.4 is 5.32 Å². The van der Waals surface area contributed by atoms with E-state index in [0.717, 1.165) is 16.2 Å². The Balaban J connectivity index is 1.56. The van der Waals surface area contributed by atoms with Gasteiger partial charge in [0.25, 0.3) is 10.0 Å². The van der Waals surface area contributed by atoms with E-state index in [1.807, 2.05) is 30.3 Å². The smallest absolute Gasteiger partial charge is 0.305 e. The van der Waals surface area contributed by atoms with E-state index in [1.165, 1.54) is 38.4 Å². The van der Waals surface area contributed by atoms with E-state index in [0.29, 0.717) is 4.88 Å². The van der Waals surface area contributed by atoms with Crippen LogP contribution in [0.1, 0.15) is 17.3 Å². The van der Waals surface area contributed by atoms with Crippen LogP contribution in [0.5, 0.6) is 0 Å². The van der Waals surface area contributed by atoms with E-state index >= 15 is 0 Å². The van der Waals surface area contributed by atoms with Crippen LogP contribution in [0, 0.1) is 0 Å². The SMILES string of the molecule is O=C(O)CC(NC(=O)C1CN(S(=O)(=O)c2cccs2)CCN1C(=O)CSc1ccccc1)c1cccs1. The molecule has 2 aromatic heterocycles. The summed E-state index contributed by atoms with van der Waals surface area (Å²) in [6.07, 6.45) is -0.339. The maximum atomic E-state index is 13.5. The largest absolute Gasteiger partial charge is 0.481 e. The molecule has 196 valence electrons. The number of sulfonamides is 1. The second-order valence-electron chi connectivity index (χ2n) is 8.17. The third-order valence-corrected chi connectivity index (χ3v) is 11.0. The summed E-state index contributed by atoms with van der Waals surface area (Å²) in [4.78, 5) is 41.2. The molecular weight excluding hydrogens is 555 g/mol. The zero-order chi connectivity index (χ0) is 26.4. The van der Waals surface area contributed by atoms with Crippen LogP contribution in [-0.4, -0.2) is 71.9 Å². The molecule has 2 N–H and O–H groups in total. The minimum absolute atomic E-state index is 0.0411. The number of carbonyl (C=O) groups is 3. The van der Waals surface area contributed by atoms with Gasteiger partial charge in [0.05, 0.1) is 18.2 Å². The van der Waals surface area contributed by atoms with Crippen LogP contribution in [-0.2, 0) is 24.4 Å². The molecule has 13 heteroatoms. The number of hydrogen-bond donors (Lipinski definition) is 2. The Hall–Kier alpha value is -2.71. The third-order valence-electron chi connectivity index (χ3n) is 5.74. The van der Waals surface area contributed by atoms with Crippen LogP contribution in [0.2, 0.25) is 0 Å². The summed E-state index contributed by atoms with van der Waals surface area (Å²) in [7, 11) is -3.84. The Kier molecular flexibility index (Phi) is 9.03. The lowest BCUT2D eigenvalue weighted by Gasteiger charge is -2.40. The molecule has 2 amide bonds. The van der Waals surface area contributed by atoms with Gasteiger partial charge in [-0.15, -0.1) is 34.4 Å². The van der Waals surface area contributed by atoms with Crippen molar-refractivity contribution >= 4 is 62.2 Å². The first-order valence-corrected chi connectivity index (χ1v) is 15.5. The molecule has 37 heavy (non-hydrogen) atoms. The van der Waals surface area contributed by atoms with Gasteiger partial charge in [-0.25, -0.2) is 8.42 Å². The number of nitrogens with zero attached hydrogens (tertiary/aromatic N) is 2. The zero-order valence-corrected chi connectivity index (χ0v) is 22.8. The highest BCUT2D eigenvalue weighted by Crippen LogP contribution is 2.27. The number of carbonyl (C=O) groups excluding carboxylic acids is 2. The average Bonchev–Trinajstić information content (AvgIpc) is 3.62. The minimum atomic E-state index is -3.84. The summed E-state index contributed by atoms with van der Waals surface area (Å²) in [6.45, 7) is -0.132. The Labute approximate surface area is 227 Å². The lowest BCUT2D eigenvalue weighted by atomic mass is 10.1. The van der Waals surface area contributed by atoms with Gasteiger partial charge in [0.2, 0.25) is 11.8 Å². The molecule has 1 aliphatic rings. The predicted octanol–water partition coefficient (Wildman–Crippen LogP) is 3.14. The fraction of sp³-hybridized carbons (Fsp3) is 0.292. The van der Waals surface area contributed by atoms with Gasteiger partial charge in [-0.3, -0.25) is 14.4 Å². The Morgan fingerprint density at radius 2 is 1.76 bits per heavy atom. The highest BCUT2D eigenvalue weighted by Gasteiger charge is 2.40. The molecule has 1 fully saturated rings. The number of piperazine rings is 1. The van der Waals surface area contributed by atoms with E-state index < -0.39 is 34.0 Å². The number of thioether (sulfide) groups is 1. The lowest BCUT2D eigenvalue weighted by Crippen LogP contribution is -2.62. The van der Waals surface area contributed by atoms with Gasteiger partial charge < -0.3 is 15.3 Å². The molecule has 0 saturated carbocycles. The molecule has 4 rings (SSSR count). The molecule has 1 aliphatic heterocycles. The fourth-order valence-corrected chi connectivity index (χ4v) is 8.10. The third kappa shape index (κ3) is 6.79. The van der Waals surface area contributed by atoms with Crippen molar-refractivity contribution in [3.8, 4) is 0 Å². The van der Waals surface area contributed by atoms with Crippen LogP contribution >= 0.6 is 34.4 Å². The number of carboxylic acid groups (broad SMARTS) is 1. The molecule has 2 unspecified atom stereocenters. The predicted molar refractivity (Wildman–Crippen MR) is 143 cm³/mol. The van der Waals surface area contributed by atoms with E-state index in [2.05, 4.69) is 5.32 Å². The molecule has 3 heterocycles. The van der Waals surface area contributed by atoms with Crippen molar-refractivity contribution in [2.24, 2.45) is 0 Å². The number of thiophene rings is 2. The molecule has 9 nitrogen and oxygen atoms in total. The maximum Gasteiger partial charge on any atom is 0.305 e. The quantitative estimate of drug-likeness (QED) is 0.354. The minimum Gasteiger partial charge on any atom is -0.481 e. The van der Waals surface area contributed by atoms with Crippen molar-refractivity contribution in [1.29, 1.82) is 0 Å². The highest BCUT2D eigenvalue weighted by atomic mass is 32.2. The van der Waals surface area contributed by atoms with Crippen molar-refractivity contribution in [2.45, 2.75) is 27.6 Å². The number of hydrogen-bond acceptors (Lipinski definition) is 8. The monoisotopic (exact) mass is 579 g/mol. The van der Waals surface area contributed by atoms with Crippen LogP contribution in [0.15, 0.2) is 74.5 Å². The normalized spacial score (nSPS) is 17.3. The van der Waals surface area contributed by atoms with Gasteiger partial charge in [0.15, 0.2) is 0 Å². The van der Waals surface area contributed by atoms with E-state index in [-0.39, 0.29) is 41.9 Å². The van der Waals surface area contributed by atoms with Gasteiger partial charge in [-0.1, -0.05) is 30.3 Å². The first-order chi connectivity index (χ1) is 17.8. The summed E-state index contributed by atoms with van der Waals surface area (Å²) in [6, 6.07) is 14.1.